The molecule has 0 radical (unpaired) electrons. The zero-order valence-corrected chi connectivity index (χ0v) is 9.96. The molecule has 1 nitrogen and oxygen atoms in total. The molecule has 2 rings (SSSR count). The molecular formula is C13H9ClOS. The number of carbonyl (C=O) groups excluding carboxylic acids is 1. The normalized spacial score (nSPS) is 10.8. The van der Waals surface area contributed by atoms with Gasteiger partial charge in [0.2, 0.25) is 0 Å². The average molecular weight is 249 g/mol. The van der Waals surface area contributed by atoms with Gasteiger partial charge in [0, 0.05) is 10.4 Å². The van der Waals surface area contributed by atoms with Crippen LogP contribution in [0.25, 0.3) is 6.08 Å². The third-order valence-electron chi connectivity index (χ3n) is 2.05. The van der Waals surface area contributed by atoms with Gasteiger partial charge in [0.25, 0.3) is 0 Å². The second-order valence-corrected chi connectivity index (χ2v) is 4.95. The number of benzene rings is 1. The van der Waals surface area contributed by atoms with E-state index < -0.39 is 0 Å². The van der Waals surface area contributed by atoms with Gasteiger partial charge >= 0.3 is 0 Å². The molecule has 0 spiro atoms. The van der Waals surface area contributed by atoms with Crippen molar-refractivity contribution in [3.8, 4) is 0 Å². The summed E-state index contributed by atoms with van der Waals surface area (Å²) < 4.78 is 0.729. The SMILES string of the molecule is O=C(/C=C/c1ccc(Cl)s1)c1ccccc1. The summed E-state index contributed by atoms with van der Waals surface area (Å²) in [5.74, 6) is 0.00474. The third kappa shape index (κ3) is 2.81. The maximum atomic E-state index is 11.7. The van der Waals surface area contributed by atoms with Crippen LogP contribution in [-0.2, 0) is 0 Å². The lowest BCUT2D eigenvalue weighted by Gasteiger charge is -1.92. The number of halogens is 1. The number of hydrogen-bond donors (Lipinski definition) is 0. The number of thiophene rings is 1. The molecule has 0 aliphatic rings. The Kier molecular flexibility index (Phi) is 3.54. The molecule has 0 aliphatic carbocycles. The minimum atomic E-state index is 0.00474. The largest absolute Gasteiger partial charge is 0.289 e. The van der Waals surface area contributed by atoms with E-state index >= 15 is 0 Å². The van der Waals surface area contributed by atoms with Gasteiger partial charge in [-0.3, -0.25) is 4.79 Å². The van der Waals surface area contributed by atoms with Crippen molar-refractivity contribution in [2.45, 2.75) is 0 Å². The molecule has 0 aliphatic heterocycles. The monoisotopic (exact) mass is 248 g/mol. The molecule has 1 aromatic heterocycles. The molecule has 1 aromatic carbocycles. The second kappa shape index (κ2) is 5.10. The van der Waals surface area contributed by atoms with E-state index in [-0.39, 0.29) is 5.78 Å². The van der Waals surface area contributed by atoms with Gasteiger partial charge in [0.1, 0.15) is 0 Å². The highest BCUT2D eigenvalue weighted by atomic mass is 35.5. The van der Waals surface area contributed by atoms with Gasteiger partial charge in [0.05, 0.1) is 4.34 Å². The molecule has 0 bridgehead atoms. The summed E-state index contributed by atoms with van der Waals surface area (Å²) in [4.78, 5) is 12.7. The summed E-state index contributed by atoms with van der Waals surface area (Å²) >= 11 is 7.24. The first-order valence-electron chi connectivity index (χ1n) is 4.78. The second-order valence-electron chi connectivity index (χ2n) is 3.21. The van der Waals surface area contributed by atoms with E-state index in [9.17, 15) is 4.79 Å². The lowest BCUT2D eigenvalue weighted by atomic mass is 10.1. The Morgan fingerprint density at radius 1 is 1.12 bits per heavy atom. The van der Waals surface area contributed by atoms with Gasteiger partial charge in [-0.05, 0) is 24.3 Å². The average Bonchev–Trinajstić information content (AvgIpc) is 2.73. The van der Waals surface area contributed by atoms with E-state index in [0.29, 0.717) is 5.56 Å². The van der Waals surface area contributed by atoms with Crippen molar-refractivity contribution in [1.82, 2.24) is 0 Å². The van der Waals surface area contributed by atoms with Crippen LogP contribution in [0.1, 0.15) is 15.2 Å². The number of carbonyl (C=O) groups is 1. The smallest absolute Gasteiger partial charge is 0.185 e. The summed E-state index contributed by atoms with van der Waals surface area (Å²) in [5.41, 5.74) is 0.696. The van der Waals surface area contributed by atoms with Crippen LogP contribution in [0.2, 0.25) is 4.34 Å². The van der Waals surface area contributed by atoms with Crippen LogP contribution in [0.3, 0.4) is 0 Å². The Morgan fingerprint density at radius 2 is 1.88 bits per heavy atom. The molecule has 0 amide bonds. The van der Waals surface area contributed by atoms with E-state index in [4.69, 9.17) is 11.6 Å². The number of ketones is 1. The van der Waals surface area contributed by atoms with Gasteiger partial charge < -0.3 is 0 Å². The Labute approximate surface area is 103 Å². The van der Waals surface area contributed by atoms with Crippen molar-refractivity contribution < 1.29 is 4.79 Å². The van der Waals surface area contributed by atoms with Crippen molar-refractivity contribution in [1.29, 1.82) is 0 Å². The van der Waals surface area contributed by atoms with E-state index in [1.54, 1.807) is 24.3 Å². The zero-order chi connectivity index (χ0) is 11.4. The molecule has 1 heterocycles. The summed E-state index contributed by atoms with van der Waals surface area (Å²) in [6, 6.07) is 12.9. The van der Waals surface area contributed by atoms with Crippen LogP contribution >= 0.6 is 22.9 Å². The maximum absolute atomic E-state index is 11.7. The first kappa shape index (κ1) is 11.1. The van der Waals surface area contributed by atoms with Gasteiger partial charge in [-0.2, -0.15) is 0 Å². The van der Waals surface area contributed by atoms with Crippen LogP contribution in [0.15, 0.2) is 48.5 Å². The summed E-state index contributed by atoms with van der Waals surface area (Å²) in [6.45, 7) is 0. The highest BCUT2D eigenvalue weighted by Crippen LogP contribution is 2.22. The number of rotatable bonds is 3. The fourth-order valence-corrected chi connectivity index (χ4v) is 2.24. The molecule has 2 aromatic rings. The van der Waals surface area contributed by atoms with E-state index in [0.717, 1.165) is 9.21 Å². The predicted molar refractivity (Wildman–Crippen MR) is 69.1 cm³/mol. The third-order valence-corrected chi connectivity index (χ3v) is 3.25. The van der Waals surface area contributed by atoms with Crippen molar-refractivity contribution >= 4 is 34.8 Å². The molecule has 16 heavy (non-hydrogen) atoms. The fourth-order valence-electron chi connectivity index (χ4n) is 1.27. The van der Waals surface area contributed by atoms with Crippen molar-refractivity contribution in [3.05, 3.63) is 63.3 Å². The van der Waals surface area contributed by atoms with Crippen molar-refractivity contribution in [3.63, 3.8) is 0 Å². The summed E-state index contributed by atoms with van der Waals surface area (Å²) in [6.07, 6.45) is 3.35. The minimum absolute atomic E-state index is 0.00474. The zero-order valence-electron chi connectivity index (χ0n) is 8.39. The molecular weight excluding hydrogens is 240 g/mol. The van der Waals surface area contributed by atoms with Gasteiger partial charge in [-0.25, -0.2) is 0 Å². The molecule has 3 heteroatoms. The molecule has 0 atom stereocenters. The lowest BCUT2D eigenvalue weighted by Crippen LogP contribution is -1.92. The molecule has 0 saturated carbocycles. The van der Waals surface area contributed by atoms with Gasteiger partial charge in [0.15, 0.2) is 5.78 Å². The molecule has 0 unspecified atom stereocenters. The molecule has 0 N–H and O–H groups in total. The Balaban J connectivity index is 2.11. The van der Waals surface area contributed by atoms with Crippen LogP contribution < -0.4 is 0 Å². The Hall–Kier alpha value is -1.38. The van der Waals surface area contributed by atoms with Crippen molar-refractivity contribution in [2.24, 2.45) is 0 Å². The topological polar surface area (TPSA) is 17.1 Å². The quantitative estimate of drug-likeness (QED) is 0.585. The van der Waals surface area contributed by atoms with Gasteiger partial charge in [-0.1, -0.05) is 41.9 Å². The van der Waals surface area contributed by atoms with Crippen LogP contribution in [-0.4, -0.2) is 5.78 Å². The summed E-state index contributed by atoms with van der Waals surface area (Å²) in [7, 11) is 0. The first-order valence-corrected chi connectivity index (χ1v) is 5.98. The van der Waals surface area contributed by atoms with Crippen LogP contribution in [0.4, 0.5) is 0 Å². The number of hydrogen-bond acceptors (Lipinski definition) is 2. The maximum Gasteiger partial charge on any atom is 0.185 e. The number of allylic oxidation sites excluding steroid dienone is 1. The van der Waals surface area contributed by atoms with Gasteiger partial charge in [-0.15, -0.1) is 11.3 Å². The van der Waals surface area contributed by atoms with Crippen LogP contribution in [0.5, 0.6) is 0 Å². The predicted octanol–water partition coefficient (Wildman–Crippen LogP) is 4.30. The first-order chi connectivity index (χ1) is 7.75. The van der Waals surface area contributed by atoms with E-state index in [2.05, 4.69) is 0 Å². The molecule has 0 saturated heterocycles. The lowest BCUT2D eigenvalue weighted by molar-refractivity contribution is 0.104. The van der Waals surface area contributed by atoms with Crippen molar-refractivity contribution in [2.75, 3.05) is 0 Å². The minimum Gasteiger partial charge on any atom is -0.289 e. The molecule has 0 fully saturated rings. The highest BCUT2D eigenvalue weighted by Gasteiger charge is 2.00. The van der Waals surface area contributed by atoms with Crippen LogP contribution in [0, 0.1) is 0 Å². The molecule has 80 valence electrons. The highest BCUT2D eigenvalue weighted by molar-refractivity contribution is 7.17. The standard InChI is InChI=1S/C13H9ClOS/c14-13-9-7-11(16-13)6-8-12(15)10-4-2-1-3-5-10/h1-9H/b8-6+. The fraction of sp³-hybridized carbons (Fsp3) is 0. The van der Waals surface area contributed by atoms with E-state index in [1.807, 2.05) is 30.3 Å². The Morgan fingerprint density at radius 3 is 2.50 bits per heavy atom. The Bertz CT molecular complexity index is 514. The summed E-state index contributed by atoms with van der Waals surface area (Å²) in [5, 5.41) is 0. The van der Waals surface area contributed by atoms with E-state index in [1.165, 1.54) is 11.3 Å².